The van der Waals surface area contributed by atoms with E-state index in [0.717, 1.165) is 12.5 Å². The molecule has 19 heavy (non-hydrogen) atoms. The second-order valence-electron chi connectivity index (χ2n) is 6.50. The van der Waals surface area contributed by atoms with Gasteiger partial charge in [0.2, 0.25) is 0 Å². The molecule has 1 heteroatoms. The predicted molar refractivity (Wildman–Crippen MR) is 85.5 cm³/mol. The summed E-state index contributed by atoms with van der Waals surface area (Å²) in [5.41, 5.74) is 2.81. The van der Waals surface area contributed by atoms with Crippen LogP contribution in [0.15, 0.2) is 24.3 Å². The summed E-state index contributed by atoms with van der Waals surface area (Å²) in [6.45, 7) is 12.4. The van der Waals surface area contributed by atoms with Gasteiger partial charge < -0.3 is 5.32 Å². The fraction of sp³-hybridized carbons (Fsp3) is 0.667. The van der Waals surface area contributed by atoms with E-state index in [4.69, 9.17) is 0 Å². The molecule has 0 heterocycles. The highest BCUT2D eigenvalue weighted by atomic mass is 14.9. The van der Waals surface area contributed by atoms with Crippen LogP contribution in [-0.4, -0.2) is 6.04 Å². The molecule has 1 nitrogen and oxygen atoms in total. The molecule has 0 saturated carbocycles. The van der Waals surface area contributed by atoms with E-state index in [0.29, 0.717) is 12.0 Å². The first-order valence-corrected chi connectivity index (χ1v) is 7.81. The lowest BCUT2D eigenvalue weighted by molar-refractivity contribution is 0.457. The summed E-state index contributed by atoms with van der Waals surface area (Å²) in [4.78, 5) is 0. The van der Waals surface area contributed by atoms with Gasteiger partial charge in [0.05, 0.1) is 0 Å². The fourth-order valence-electron chi connectivity index (χ4n) is 2.25. The first-order valence-electron chi connectivity index (χ1n) is 7.81. The van der Waals surface area contributed by atoms with Gasteiger partial charge in [-0.15, -0.1) is 0 Å². The third kappa shape index (κ3) is 6.77. The Labute approximate surface area is 119 Å². The highest BCUT2D eigenvalue weighted by molar-refractivity contribution is 5.24. The van der Waals surface area contributed by atoms with Crippen LogP contribution in [0.1, 0.15) is 70.9 Å². The minimum absolute atomic E-state index is 0.614. The van der Waals surface area contributed by atoms with Crippen molar-refractivity contribution in [2.75, 3.05) is 0 Å². The molecule has 1 N–H and O–H groups in total. The van der Waals surface area contributed by atoms with Gasteiger partial charge in [0.25, 0.3) is 0 Å². The van der Waals surface area contributed by atoms with E-state index < -0.39 is 0 Å². The minimum atomic E-state index is 0.614. The van der Waals surface area contributed by atoms with Gasteiger partial charge >= 0.3 is 0 Å². The molecule has 0 bridgehead atoms. The molecule has 1 aromatic rings. The SMILES string of the molecule is CC(C)CCCC(C)NCc1ccc(C(C)C)cc1. The van der Waals surface area contributed by atoms with Gasteiger partial charge in [0.15, 0.2) is 0 Å². The molecule has 0 aliphatic rings. The molecule has 0 aliphatic heterocycles. The Bertz CT molecular complexity index is 337. The van der Waals surface area contributed by atoms with Gasteiger partial charge in [0.1, 0.15) is 0 Å². The van der Waals surface area contributed by atoms with Crippen molar-refractivity contribution >= 4 is 0 Å². The van der Waals surface area contributed by atoms with Crippen molar-refractivity contribution in [1.82, 2.24) is 5.32 Å². The quantitative estimate of drug-likeness (QED) is 0.685. The van der Waals surface area contributed by atoms with Crippen LogP contribution in [0.4, 0.5) is 0 Å². The molecular weight excluding hydrogens is 230 g/mol. The summed E-state index contributed by atoms with van der Waals surface area (Å²) < 4.78 is 0. The van der Waals surface area contributed by atoms with Crippen LogP contribution in [0.3, 0.4) is 0 Å². The van der Waals surface area contributed by atoms with Crippen molar-refractivity contribution in [2.24, 2.45) is 5.92 Å². The van der Waals surface area contributed by atoms with Gasteiger partial charge in [-0.05, 0) is 36.3 Å². The normalized spacial score (nSPS) is 13.2. The Morgan fingerprint density at radius 1 is 0.895 bits per heavy atom. The summed E-state index contributed by atoms with van der Waals surface area (Å²) in [5.74, 6) is 1.45. The van der Waals surface area contributed by atoms with Crippen LogP contribution in [0.5, 0.6) is 0 Å². The molecule has 1 rings (SSSR count). The average Bonchev–Trinajstić information content (AvgIpc) is 2.36. The zero-order valence-corrected chi connectivity index (χ0v) is 13.4. The van der Waals surface area contributed by atoms with Crippen LogP contribution in [0, 0.1) is 5.92 Å². The maximum absolute atomic E-state index is 3.62. The molecule has 0 saturated heterocycles. The maximum atomic E-state index is 3.62. The summed E-state index contributed by atoms with van der Waals surface area (Å²) in [5, 5.41) is 3.62. The topological polar surface area (TPSA) is 12.0 Å². The number of benzene rings is 1. The van der Waals surface area contributed by atoms with E-state index in [1.807, 2.05) is 0 Å². The standard InChI is InChI=1S/C18H31N/c1-14(2)7-6-8-16(5)19-13-17-9-11-18(12-10-17)15(3)4/h9-12,14-16,19H,6-8,13H2,1-5H3. The molecule has 0 spiro atoms. The van der Waals surface area contributed by atoms with E-state index in [1.165, 1.54) is 30.4 Å². The van der Waals surface area contributed by atoms with Crippen LogP contribution in [-0.2, 0) is 6.54 Å². The van der Waals surface area contributed by atoms with Crippen LogP contribution < -0.4 is 5.32 Å². The average molecular weight is 261 g/mol. The van der Waals surface area contributed by atoms with Gasteiger partial charge in [-0.25, -0.2) is 0 Å². The van der Waals surface area contributed by atoms with Crippen molar-refractivity contribution in [3.8, 4) is 0 Å². The number of rotatable bonds is 8. The first-order chi connectivity index (χ1) is 8.99. The van der Waals surface area contributed by atoms with Gasteiger partial charge in [-0.2, -0.15) is 0 Å². The fourth-order valence-corrected chi connectivity index (χ4v) is 2.25. The molecule has 0 radical (unpaired) electrons. The van der Waals surface area contributed by atoms with Crippen LogP contribution in [0.25, 0.3) is 0 Å². The zero-order valence-electron chi connectivity index (χ0n) is 13.4. The molecular formula is C18H31N. The van der Waals surface area contributed by atoms with E-state index in [2.05, 4.69) is 64.2 Å². The zero-order chi connectivity index (χ0) is 14.3. The van der Waals surface area contributed by atoms with Crippen LogP contribution in [0.2, 0.25) is 0 Å². The molecule has 1 aromatic carbocycles. The summed E-state index contributed by atoms with van der Waals surface area (Å²) in [6, 6.07) is 9.63. The summed E-state index contributed by atoms with van der Waals surface area (Å²) >= 11 is 0. The lowest BCUT2D eigenvalue weighted by Gasteiger charge is -2.15. The maximum Gasteiger partial charge on any atom is 0.0207 e. The largest absolute Gasteiger partial charge is 0.310 e. The van der Waals surface area contributed by atoms with Crippen molar-refractivity contribution in [2.45, 2.75) is 72.4 Å². The van der Waals surface area contributed by atoms with Crippen molar-refractivity contribution < 1.29 is 0 Å². The molecule has 0 aromatic heterocycles. The Hall–Kier alpha value is -0.820. The second kappa shape index (κ2) is 8.37. The van der Waals surface area contributed by atoms with E-state index in [9.17, 15) is 0 Å². The molecule has 0 amide bonds. The van der Waals surface area contributed by atoms with Crippen LogP contribution >= 0.6 is 0 Å². The third-order valence-corrected chi connectivity index (χ3v) is 3.72. The lowest BCUT2D eigenvalue weighted by atomic mass is 10.0. The van der Waals surface area contributed by atoms with Gasteiger partial charge in [-0.3, -0.25) is 0 Å². The minimum Gasteiger partial charge on any atom is -0.310 e. The number of hydrogen-bond acceptors (Lipinski definition) is 1. The number of nitrogens with one attached hydrogen (secondary N) is 1. The van der Waals surface area contributed by atoms with E-state index in [1.54, 1.807) is 0 Å². The van der Waals surface area contributed by atoms with Crippen molar-refractivity contribution in [3.05, 3.63) is 35.4 Å². The van der Waals surface area contributed by atoms with Gasteiger partial charge in [-0.1, -0.05) is 64.8 Å². The molecule has 1 atom stereocenters. The number of hydrogen-bond donors (Lipinski definition) is 1. The predicted octanol–water partition coefficient (Wildman–Crippen LogP) is 5.11. The first kappa shape index (κ1) is 16.2. The highest BCUT2D eigenvalue weighted by Gasteiger charge is 2.03. The Morgan fingerprint density at radius 3 is 2.05 bits per heavy atom. The molecule has 1 unspecified atom stereocenters. The summed E-state index contributed by atoms with van der Waals surface area (Å²) in [7, 11) is 0. The van der Waals surface area contributed by atoms with Crippen molar-refractivity contribution in [3.63, 3.8) is 0 Å². The summed E-state index contributed by atoms with van der Waals surface area (Å²) in [6.07, 6.45) is 3.95. The molecule has 0 fully saturated rings. The molecule has 108 valence electrons. The lowest BCUT2D eigenvalue weighted by Crippen LogP contribution is -2.25. The Kier molecular flexibility index (Phi) is 7.15. The highest BCUT2D eigenvalue weighted by Crippen LogP contribution is 2.15. The Balaban J connectivity index is 2.27. The van der Waals surface area contributed by atoms with E-state index >= 15 is 0 Å². The molecule has 0 aliphatic carbocycles. The third-order valence-electron chi connectivity index (χ3n) is 3.72. The second-order valence-corrected chi connectivity index (χ2v) is 6.50. The smallest absolute Gasteiger partial charge is 0.0207 e. The van der Waals surface area contributed by atoms with E-state index in [-0.39, 0.29) is 0 Å². The van der Waals surface area contributed by atoms with Gasteiger partial charge in [0, 0.05) is 12.6 Å². The monoisotopic (exact) mass is 261 g/mol. The Morgan fingerprint density at radius 2 is 1.53 bits per heavy atom. The van der Waals surface area contributed by atoms with Crippen molar-refractivity contribution in [1.29, 1.82) is 0 Å².